The summed E-state index contributed by atoms with van der Waals surface area (Å²) >= 11 is 7.13. The third-order valence-electron chi connectivity index (χ3n) is 2.91. The summed E-state index contributed by atoms with van der Waals surface area (Å²) in [5.41, 5.74) is 1.25. The number of hydrogen-bond donors (Lipinski definition) is 1. The maximum absolute atomic E-state index is 5.72. The van der Waals surface area contributed by atoms with Crippen molar-refractivity contribution < 1.29 is 9.47 Å². The second kappa shape index (κ2) is 7.62. The zero-order valence-corrected chi connectivity index (χ0v) is 14.2. The van der Waals surface area contributed by atoms with E-state index in [1.807, 2.05) is 6.92 Å². The van der Waals surface area contributed by atoms with Gasteiger partial charge >= 0.3 is 0 Å². The average molecular weight is 393 g/mol. The Labute approximate surface area is 131 Å². The van der Waals surface area contributed by atoms with Crippen LogP contribution >= 0.6 is 31.9 Å². The second-order valence-corrected chi connectivity index (χ2v) is 6.30. The average Bonchev–Trinajstić information content (AvgIpc) is 3.18. The first-order chi connectivity index (χ1) is 9.20. The minimum absolute atomic E-state index is 0.560. The molecule has 19 heavy (non-hydrogen) atoms. The van der Waals surface area contributed by atoms with Gasteiger partial charge in [0, 0.05) is 19.2 Å². The summed E-state index contributed by atoms with van der Waals surface area (Å²) in [4.78, 5) is 0. The fourth-order valence-corrected chi connectivity index (χ4v) is 3.26. The zero-order valence-electron chi connectivity index (χ0n) is 11.0. The van der Waals surface area contributed by atoms with Gasteiger partial charge in [-0.3, -0.25) is 0 Å². The Morgan fingerprint density at radius 2 is 1.89 bits per heavy atom. The predicted molar refractivity (Wildman–Crippen MR) is 83.7 cm³/mol. The van der Waals surface area contributed by atoms with Gasteiger partial charge in [0.05, 0.1) is 15.6 Å². The molecule has 5 heteroatoms. The summed E-state index contributed by atoms with van der Waals surface area (Å²) in [5, 5.41) is 3.50. The highest BCUT2D eigenvalue weighted by Gasteiger charge is 2.20. The molecule has 0 heterocycles. The Morgan fingerprint density at radius 1 is 1.21 bits per heavy atom. The van der Waals surface area contributed by atoms with Crippen LogP contribution in [-0.2, 0) is 11.3 Å². The van der Waals surface area contributed by atoms with Crippen molar-refractivity contribution in [1.82, 2.24) is 5.32 Å². The van der Waals surface area contributed by atoms with Crippen LogP contribution in [0.15, 0.2) is 21.1 Å². The quantitative estimate of drug-likeness (QED) is 0.681. The predicted octanol–water partition coefficient (Wildman–Crippen LogP) is 3.88. The molecule has 1 aromatic rings. The topological polar surface area (TPSA) is 30.5 Å². The Morgan fingerprint density at radius 3 is 2.47 bits per heavy atom. The lowest BCUT2D eigenvalue weighted by Gasteiger charge is -2.12. The van der Waals surface area contributed by atoms with E-state index in [0.717, 1.165) is 33.9 Å². The lowest BCUT2D eigenvalue weighted by atomic mass is 10.2. The van der Waals surface area contributed by atoms with Crippen LogP contribution in [0, 0.1) is 0 Å². The molecule has 0 atom stereocenters. The van der Waals surface area contributed by atoms with E-state index in [1.165, 1.54) is 18.4 Å². The minimum atomic E-state index is 0.560. The van der Waals surface area contributed by atoms with Crippen molar-refractivity contribution >= 4 is 31.9 Å². The molecule has 1 N–H and O–H groups in total. The highest BCUT2D eigenvalue weighted by molar-refractivity contribution is 9.11. The monoisotopic (exact) mass is 391 g/mol. The van der Waals surface area contributed by atoms with Crippen molar-refractivity contribution in [3.05, 3.63) is 26.6 Å². The van der Waals surface area contributed by atoms with Crippen molar-refractivity contribution in [2.24, 2.45) is 0 Å². The zero-order chi connectivity index (χ0) is 13.7. The van der Waals surface area contributed by atoms with Crippen molar-refractivity contribution in [2.45, 2.75) is 32.4 Å². The van der Waals surface area contributed by atoms with Crippen molar-refractivity contribution in [3.8, 4) is 5.75 Å². The molecule has 1 aromatic carbocycles. The highest BCUT2D eigenvalue weighted by atomic mass is 79.9. The Hall–Kier alpha value is -0.100. The third kappa shape index (κ3) is 5.06. The molecular weight excluding hydrogens is 374 g/mol. The molecular formula is C14H19Br2NO2. The fourth-order valence-electron chi connectivity index (χ4n) is 1.75. The molecule has 0 unspecified atom stereocenters. The van der Waals surface area contributed by atoms with Crippen LogP contribution in [0.3, 0.4) is 0 Å². The highest BCUT2D eigenvalue weighted by Crippen LogP contribution is 2.35. The van der Waals surface area contributed by atoms with E-state index >= 15 is 0 Å². The molecule has 1 fully saturated rings. The van der Waals surface area contributed by atoms with E-state index in [9.17, 15) is 0 Å². The lowest BCUT2D eigenvalue weighted by molar-refractivity contribution is 0.109. The maximum Gasteiger partial charge on any atom is 0.147 e. The molecule has 2 rings (SSSR count). The number of hydrogen-bond acceptors (Lipinski definition) is 3. The molecule has 0 bridgehead atoms. The van der Waals surface area contributed by atoms with Gasteiger partial charge in [-0.2, -0.15) is 0 Å². The van der Waals surface area contributed by atoms with Crippen LogP contribution in [0.5, 0.6) is 5.75 Å². The van der Waals surface area contributed by atoms with Crippen LogP contribution in [0.1, 0.15) is 25.3 Å². The number of rotatable bonds is 8. The summed E-state index contributed by atoms with van der Waals surface area (Å²) < 4.78 is 12.9. The van der Waals surface area contributed by atoms with Crippen LogP contribution in [0.2, 0.25) is 0 Å². The van der Waals surface area contributed by atoms with Crippen LogP contribution in [0.4, 0.5) is 0 Å². The smallest absolute Gasteiger partial charge is 0.147 e. The van der Waals surface area contributed by atoms with Crippen LogP contribution < -0.4 is 10.1 Å². The molecule has 0 aromatic heterocycles. The lowest BCUT2D eigenvalue weighted by Crippen LogP contribution is -2.15. The summed E-state index contributed by atoms with van der Waals surface area (Å²) in [6, 6.07) is 4.94. The van der Waals surface area contributed by atoms with E-state index < -0.39 is 0 Å². The first-order valence-corrected chi connectivity index (χ1v) is 8.21. The molecule has 3 nitrogen and oxygen atoms in total. The first kappa shape index (κ1) is 15.3. The van der Waals surface area contributed by atoms with Crippen LogP contribution in [-0.4, -0.2) is 25.9 Å². The van der Waals surface area contributed by atoms with Gasteiger partial charge in [0.2, 0.25) is 0 Å². The van der Waals surface area contributed by atoms with Crippen LogP contribution in [0.25, 0.3) is 0 Å². The number of nitrogens with one attached hydrogen (secondary N) is 1. The summed E-state index contributed by atoms with van der Waals surface area (Å²) in [5.74, 6) is 0.842. The van der Waals surface area contributed by atoms with Crippen molar-refractivity contribution in [1.29, 1.82) is 0 Å². The van der Waals surface area contributed by atoms with Gasteiger partial charge in [0.25, 0.3) is 0 Å². The van der Waals surface area contributed by atoms with Crippen molar-refractivity contribution in [3.63, 3.8) is 0 Å². The summed E-state index contributed by atoms with van der Waals surface area (Å²) in [6.45, 7) is 4.77. The molecule has 1 aliphatic rings. The third-order valence-corrected chi connectivity index (χ3v) is 4.09. The van der Waals surface area contributed by atoms with Gasteiger partial charge < -0.3 is 14.8 Å². The van der Waals surface area contributed by atoms with Gasteiger partial charge in [0.15, 0.2) is 0 Å². The first-order valence-electron chi connectivity index (χ1n) is 6.62. The summed E-state index contributed by atoms with van der Waals surface area (Å²) in [6.07, 6.45) is 2.61. The van der Waals surface area contributed by atoms with Gasteiger partial charge in [-0.25, -0.2) is 0 Å². The molecule has 106 valence electrons. The number of halogens is 2. The molecule has 1 saturated carbocycles. The second-order valence-electron chi connectivity index (χ2n) is 4.59. The van der Waals surface area contributed by atoms with Gasteiger partial charge in [-0.05, 0) is 69.3 Å². The largest absolute Gasteiger partial charge is 0.489 e. The van der Waals surface area contributed by atoms with E-state index in [1.54, 1.807) is 0 Å². The maximum atomic E-state index is 5.72. The van der Waals surface area contributed by atoms with E-state index in [-0.39, 0.29) is 0 Å². The van der Waals surface area contributed by atoms with E-state index in [0.29, 0.717) is 13.2 Å². The van der Waals surface area contributed by atoms with Gasteiger partial charge in [-0.1, -0.05) is 0 Å². The van der Waals surface area contributed by atoms with Gasteiger partial charge in [-0.15, -0.1) is 0 Å². The molecule has 0 aliphatic heterocycles. The van der Waals surface area contributed by atoms with E-state index in [4.69, 9.17) is 9.47 Å². The molecule has 0 spiro atoms. The summed E-state index contributed by atoms with van der Waals surface area (Å²) in [7, 11) is 0. The SMILES string of the molecule is CCOCCOc1c(Br)cc(CNC2CC2)cc1Br. The molecule has 0 saturated heterocycles. The molecule has 1 aliphatic carbocycles. The number of benzene rings is 1. The standard InChI is InChI=1S/C14H19Br2NO2/c1-2-18-5-6-19-14-12(15)7-10(8-13(14)16)9-17-11-3-4-11/h7-8,11,17H,2-6,9H2,1H3. The van der Waals surface area contributed by atoms with Crippen molar-refractivity contribution in [2.75, 3.05) is 19.8 Å². The minimum Gasteiger partial charge on any atom is -0.489 e. The fraction of sp³-hybridized carbons (Fsp3) is 0.571. The Balaban J connectivity index is 1.91. The Bertz CT molecular complexity index is 399. The molecule has 0 amide bonds. The molecule has 0 radical (unpaired) electrons. The van der Waals surface area contributed by atoms with Gasteiger partial charge in [0.1, 0.15) is 12.4 Å². The van der Waals surface area contributed by atoms with E-state index in [2.05, 4.69) is 49.3 Å². The normalized spacial score (nSPS) is 14.7. The Kier molecular flexibility index (Phi) is 6.13. The number of ether oxygens (including phenoxy) is 2.